The number of aryl methyl sites for hydroxylation is 1. The van der Waals surface area contributed by atoms with Crippen molar-refractivity contribution in [2.75, 3.05) is 5.32 Å². The molecule has 0 unspecified atom stereocenters. The minimum absolute atomic E-state index is 0.00433. The van der Waals surface area contributed by atoms with Crippen LogP contribution in [-0.4, -0.2) is 12.2 Å². The summed E-state index contributed by atoms with van der Waals surface area (Å²) < 4.78 is 5.43. The van der Waals surface area contributed by atoms with Gasteiger partial charge in [-0.3, -0.25) is 9.59 Å². The molecular formula is C16H17NO3. The second kappa shape index (κ2) is 6.19. The third kappa shape index (κ3) is 3.15. The van der Waals surface area contributed by atoms with Crippen molar-refractivity contribution in [3.05, 3.63) is 41.7 Å². The molecule has 1 N–H and O–H groups in total. The van der Waals surface area contributed by atoms with Crippen molar-refractivity contribution in [3.63, 3.8) is 0 Å². The van der Waals surface area contributed by atoms with E-state index in [1.54, 1.807) is 12.1 Å². The maximum Gasteiger partial charge on any atom is 0.224 e. The Morgan fingerprint density at radius 2 is 2.10 bits per heavy atom. The molecule has 20 heavy (non-hydrogen) atoms. The minimum atomic E-state index is -0.00433. The quantitative estimate of drug-likeness (QED) is 0.841. The predicted octanol–water partition coefficient (Wildman–Crippen LogP) is 3.81. The van der Waals surface area contributed by atoms with Crippen LogP contribution in [0.3, 0.4) is 0 Å². The molecule has 0 fully saturated rings. The molecule has 2 aromatic rings. The first-order valence-corrected chi connectivity index (χ1v) is 6.60. The fourth-order valence-corrected chi connectivity index (χ4v) is 1.98. The van der Waals surface area contributed by atoms with Crippen LogP contribution in [0, 0.1) is 6.92 Å². The lowest BCUT2D eigenvalue weighted by atomic mass is 10.1. The van der Waals surface area contributed by atoms with Crippen molar-refractivity contribution in [1.82, 2.24) is 0 Å². The summed E-state index contributed by atoms with van der Waals surface area (Å²) in [6, 6.07) is 9.01. The van der Waals surface area contributed by atoms with Crippen molar-refractivity contribution >= 4 is 17.9 Å². The van der Waals surface area contributed by atoms with Gasteiger partial charge in [-0.05, 0) is 43.2 Å². The van der Waals surface area contributed by atoms with Gasteiger partial charge in [0.05, 0.1) is 0 Å². The number of carbonyl (C=O) groups excluding carboxylic acids is 2. The SMILES string of the molecule is CCCC(=O)Nc1ccc(C)c(-c2ccc(C=O)o2)c1. The molecule has 0 saturated heterocycles. The second-order valence-corrected chi connectivity index (χ2v) is 4.65. The molecule has 0 spiro atoms. The van der Waals surface area contributed by atoms with Crippen LogP contribution < -0.4 is 5.32 Å². The Labute approximate surface area is 117 Å². The lowest BCUT2D eigenvalue weighted by molar-refractivity contribution is -0.116. The van der Waals surface area contributed by atoms with Gasteiger partial charge in [0.15, 0.2) is 12.0 Å². The van der Waals surface area contributed by atoms with Crippen LogP contribution in [-0.2, 0) is 4.79 Å². The zero-order valence-electron chi connectivity index (χ0n) is 11.6. The number of hydrogen-bond donors (Lipinski definition) is 1. The molecule has 104 valence electrons. The van der Waals surface area contributed by atoms with Crippen molar-refractivity contribution in [2.24, 2.45) is 0 Å². The van der Waals surface area contributed by atoms with Crippen molar-refractivity contribution < 1.29 is 14.0 Å². The van der Waals surface area contributed by atoms with Gasteiger partial charge in [0.2, 0.25) is 5.91 Å². The number of anilines is 1. The van der Waals surface area contributed by atoms with E-state index in [4.69, 9.17) is 4.42 Å². The monoisotopic (exact) mass is 271 g/mol. The summed E-state index contributed by atoms with van der Waals surface area (Å²) in [6.45, 7) is 3.92. The summed E-state index contributed by atoms with van der Waals surface area (Å²) >= 11 is 0. The highest BCUT2D eigenvalue weighted by molar-refractivity contribution is 5.91. The Balaban J connectivity index is 2.28. The molecule has 0 aliphatic heterocycles. The molecule has 1 aromatic carbocycles. The van der Waals surface area contributed by atoms with Gasteiger partial charge >= 0.3 is 0 Å². The normalized spacial score (nSPS) is 10.3. The molecule has 0 atom stereocenters. The highest BCUT2D eigenvalue weighted by atomic mass is 16.3. The summed E-state index contributed by atoms with van der Waals surface area (Å²) in [5.41, 5.74) is 2.62. The van der Waals surface area contributed by atoms with Gasteiger partial charge in [0.1, 0.15) is 5.76 Å². The van der Waals surface area contributed by atoms with Crippen LogP contribution in [0.25, 0.3) is 11.3 Å². The highest BCUT2D eigenvalue weighted by Crippen LogP contribution is 2.28. The minimum Gasteiger partial charge on any atom is -0.453 e. The smallest absolute Gasteiger partial charge is 0.224 e. The summed E-state index contributed by atoms with van der Waals surface area (Å²) in [7, 11) is 0. The topological polar surface area (TPSA) is 59.3 Å². The molecule has 4 heteroatoms. The molecule has 1 heterocycles. The fraction of sp³-hybridized carbons (Fsp3) is 0.250. The first-order chi connectivity index (χ1) is 9.63. The molecule has 1 amide bonds. The Morgan fingerprint density at radius 3 is 2.75 bits per heavy atom. The third-order valence-corrected chi connectivity index (χ3v) is 3.01. The van der Waals surface area contributed by atoms with Crippen LogP contribution in [0.15, 0.2) is 34.7 Å². The van der Waals surface area contributed by atoms with Gasteiger partial charge in [-0.15, -0.1) is 0 Å². The number of benzene rings is 1. The summed E-state index contributed by atoms with van der Waals surface area (Å²) in [4.78, 5) is 22.3. The first kappa shape index (κ1) is 14.1. The van der Waals surface area contributed by atoms with E-state index in [1.165, 1.54) is 0 Å². The fourth-order valence-electron chi connectivity index (χ4n) is 1.98. The van der Waals surface area contributed by atoms with E-state index in [9.17, 15) is 9.59 Å². The Morgan fingerprint density at radius 1 is 1.30 bits per heavy atom. The molecular weight excluding hydrogens is 254 g/mol. The zero-order valence-corrected chi connectivity index (χ0v) is 11.6. The van der Waals surface area contributed by atoms with E-state index < -0.39 is 0 Å². The third-order valence-electron chi connectivity index (χ3n) is 3.01. The molecule has 0 radical (unpaired) electrons. The number of nitrogens with one attached hydrogen (secondary N) is 1. The number of furan rings is 1. The average molecular weight is 271 g/mol. The molecule has 0 bridgehead atoms. The average Bonchev–Trinajstić information content (AvgIpc) is 2.90. The molecule has 4 nitrogen and oxygen atoms in total. The highest BCUT2D eigenvalue weighted by Gasteiger charge is 2.09. The Bertz CT molecular complexity index is 628. The van der Waals surface area contributed by atoms with Gasteiger partial charge in [0.25, 0.3) is 0 Å². The standard InChI is InChI=1S/C16H17NO3/c1-3-4-16(19)17-12-6-5-11(2)14(9-12)15-8-7-13(10-18)20-15/h5-10H,3-4H2,1-2H3,(H,17,19). The first-order valence-electron chi connectivity index (χ1n) is 6.60. The molecule has 0 aliphatic rings. The van der Waals surface area contributed by atoms with Crippen molar-refractivity contribution in [1.29, 1.82) is 0 Å². The largest absolute Gasteiger partial charge is 0.453 e. The molecule has 0 aliphatic carbocycles. The van der Waals surface area contributed by atoms with Gasteiger partial charge in [-0.2, -0.15) is 0 Å². The number of hydrogen-bond acceptors (Lipinski definition) is 3. The van der Waals surface area contributed by atoms with E-state index in [0.717, 1.165) is 23.2 Å². The van der Waals surface area contributed by atoms with E-state index in [-0.39, 0.29) is 5.91 Å². The van der Waals surface area contributed by atoms with Crippen molar-refractivity contribution in [2.45, 2.75) is 26.7 Å². The summed E-state index contributed by atoms with van der Waals surface area (Å²) in [5, 5.41) is 2.85. The van der Waals surface area contributed by atoms with Crippen molar-refractivity contribution in [3.8, 4) is 11.3 Å². The van der Waals surface area contributed by atoms with Gasteiger partial charge in [-0.1, -0.05) is 13.0 Å². The van der Waals surface area contributed by atoms with E-state index in [0.29, 0.717) is 24.2 Å². The molecule has 0 saturated carbocycles. The molecule has 2 rings (SSSR count). The van der Waals surface area contributed by atoms with Crippen LogP contribution in [0.2, 0.25) is 0 Å². The predicted molar refractivity (Wildman–Crippen MR) is 77.8 cm³/mol. The number of carbonyl (C=O) groups is 2. The van der Waals surface area contributed by atoms with Gasteiger partial charge in [-0.25, -0.2) is 0 Å². The van der Waals surface area contributed by atoms with Crippen LogP contribution >= 0.6 is 0 Å². The van der Waals surface area contributed by atoms with Gasteiger partial charge in [0, 0.05) is 17.7 Å². The van der Waals surface area contributed by atoms with E-state index in [1.807, 2.05) is 32.0 Å². The summed E-state index contributed by atoms with van der Waals surface area (Å²) in [6.07, 6.45) is 1.98. The van der Waals surface area contributed by atoms with Crippen LogP contribution in [0.5, 0.6) is 0 Å². The summed E-state index contributed by atoms with van der Waals surface area (Å²) in [5.74, 6) is 0.909. The lowest BCUT2D eigenvalue weighted by Crippen LogP contribution is -2.10. The van der Waals surface area contributed by atoms with Crippen LogP contribution in [0.1, 0.15) is 35.9 Å². The van der Waals surface area contributed by atoms with E-state index in [2.05, 4.69) is 5.32 Å². The number of amides is 1. The lowest BCUT2D eigenvalue weighted by Gasteiger charge is -2.08. The van der Waals surface area contributed by atoms with Crippen LogP contribution in [0.4, 0.5) is 5.69 Å². The van der Waals surface area contributed by atoms with E-state index >= 15 is 0 Å². The van der Waals surface area contributed by atoms with Gasteiger partial charge < -0.3 is 9.73 Å². The second-order valence-electron chi connectivity index (χ2n) is 4.65. The Hall–Kier alpha value is -2.36. The number of rotatable bonds is 5. The zero-order chi connectivity index (χ0) is 14.5. The molecule has 1 aromatic heterocycles. The number of aldehydes is 1. The maximum absolute atomic E-state index is 11.6. The maximum atomic E-state index is 11.6. The Kier molecular flexibility index (Phi) is 4.35.